The second kappa shape index (κ2) is 6.64. The summed E-state index contributed by atoms with van der Waals surface area (Å²) in [6.45, 7) is 1.45. The Labute approximate surface area is 133 Å². The van der Waals surface area contributed by atoms with Crippen LogP contribution in [0.3, 0.4) is 0 Å². The van der Waals surface area contributed by atoms with Crippen LogP contribution in [0, 0.1) is 36.3 Å². The molecule has 1 aromatic carbocycles. The molecule has 2 rings (SSSR count). The van der Waals surface area contributed by atoms with Crippen molar-refractivity contribution in [1.82, 2.24) is 4.31 Å². The predicted octanol–water partition coefficient (Wildman–Crippen LogP) is 1.76. The molecule has 1 atom stereocenters. The third kappa shape index (κ3) is 3.86. The molecule has 0 saturated carbocycles. The Bertz CT molecular complexity index is 796. The molecular formula is C15H15F2NO4S. The van der Waals surface area contributed by atoms with Gasteiger partial charge in [-0.1, -0.05) is 5.92 Å². The summed E-state index contributed by atoms with van der Waals surface area (Å²) in [5, 5.41) is 8.54. The van der Waals surface area contributed by atoms with Gasteiger partial charge in [-0.3, -0.25) is 0 Å². The van der Waals surface area contributed by atoms with Gasteiger partial charge in [-0.05, 0) is 37.5 Å². The van der Waals surface area contributed by atoms with Crippen LogP contribution in [0.2, 0.25) is 0 Å². The van der Waals surface area contributed by atoms with Crippen molar-refractivity contribution in [2.24, 2.45) is 5.92 Å². The molecule has 23 heavy (non-hydrogen) atoms. The van der Waals surface area contributed by atoms with Crippen LogP contribution in [0.15, 0.2) is 17.0 Å². The minimum Gasteiger partial charge on any atom is -0.472 e. The van der Waals surface area contributed by atoms with Gasteiger partial charge in [-0.15, -0.1) is 0 Å². The normalized spacial score (nSPS) is 19.0. The van der Waals surface area contributed by atoms with Gasteiger partial charge < -0.3 is 5.11 Å². The van der Waals surface area contributed by atoms with E-state index in [1.54, 1.807) is 0 Å². The minimum atomic E-state index is -4.20. The lowest BCUT2D eigenvalue weighted by Crippen LogP contribution is -2.40. The van der Waals surface area contributed by atoms with E-state index in [1.165, 1.54) is 6.92 Å². The van der Waals surface area contributed by atoms with Crippen molar-refractivity contribution in [1.29, 1.82) is 0 Å². The monoisotopic (exact) mass is 343 g/mol. The average Bonchev–Trinajstić information content (AvgIpc) is 2.49. The van der Waals surface area contributed by atoms with E-state index in [-0.39, 0.29) is 18.7 Å². The van der Waals surface area contributed by atoms with E-state index in [4.69, 9.17) is 5.11 Å². The Kier molecular flexibility index (Phi) is 5.02. The highest BCUT2D eigenvalue weighted by Gasteiger charge is 2.32. The molecule has 1 aliphatic rings. The Balaban J connectivity index is 2.31. The van der Waals surface area contributed by atoms with Gasteiger partial charge in [0.1, 0.15) is 16.5 Å². The van der Waals surface area contributed by atoms with Crippen LogP contribution in [0.25, 0.3) is 0 Å². The molecule has 1 saturated heterocycles. The van der Waals surface area contributed by atoms with Crippen LogP contribution in [0.1, 0.15) is 18.4 Å². The van der Waals surface area contributed by atoms with E-state index in [1.807, 2.05) is 5.92 Å². The molecule has 1 aromatic rings. The zero-order valence-electron chi connectivity index (χ0n) is 12.3. The summed E-state index contributed by atoms with van der Waals surface area (Å²) in [5.74, 6) is 0.893. The quantitative estimate of drug-likeness (QED) is 0.831. The number of piperidine rings is 1. The maximum atomic E-state index is 14.0. The van der Waals surface area contributed by atoms with E-state index >= 15 is 0 Å². The number of hydrogen-bond acceptors (Lipinski definition) is 3. The third-order valence-corrected chi connectivity index (χ3v) is 5.48. The molecule has 8 heteroatoms. The van der Waals surface area contributed by atoms with E-state index in [2.05, 4.69) is 5.92 Å². The van der Waals surface area contributed by atoms with E-state index in [9.17, 15) is 22.0 Å². The largest absolute Gasteiger partial charge is 0.472 e. The fourth-order valence-electron chi connectivity index (χ4n) is 2.41. The Morgan fingerprint density at radius 1 is 1.35 bits per heavy atom. The van der Waals surface area contributed by atoms with Crippen LogP contribution >= 0.6 is 0 Å². The molecule has 0 aromatic heterocycles. The van der Waals surface area contributed by atoms with E-state index < -0.39 is 38.4 Å². The third-order valence-electron chi connectivity index (χ3n) is 3.60. The second-order valence-electron chi connectivity index (χ2n) is 5.31. The molecule has 124 valence electrons. The number of aliphatic carboxylic acids is 1. The van der Waals surface area contributed by atoms with E-state index in [0.717, 1.165) is 10.4 Å². The molecule has 1 N–H and O–H groups in total. The molecule has 1 heterocycles. The van der Waals surface area contributed by atoms with Gasteiger partial charge in [0.2, 0.25) is 10.0 Å². The lowest BCUT2D eigenvalue weighted by Gasteiger charge is -2.29. The van der Waals surface area contributed by atoms with Gasteiger partial charge in [-0.2, -0.15) is 4.31 Å². The average molecular weight is 343 g/mol. The highest BCUT2D eigenvalue weighted by Crippen LogP contribution is 2.26. The summed E-state index contributed by atoms with van der Waals surface area (Å²) in [7, 11) is -4.20. The highest BCUT2D eigenvalue weighted by atomic mass is 32.2. The first kappa shape index (κ1) is 17.4. The van der Waals surface area contributed by atoms with Gasteiger partial charge in [0, 0.05) is 24.9 Å². The zero-order chi connectivity index (χ0) is 17.2. The summed E-state index contributed by atoms with van der Waals surface area (Å²) in [6, 6.07) is 1.51. The van der Waals surface area contributed by atoms with Crippen LogP contribution in [0.4, 0.5) is 8.78 Å². The van der Waals surface area contributed by atoms with Gasteiger partial charge in [0.05, 0.1) is 0 Å². The highest BCUT2D eigenvalue weighted by molar-refractivity contribution is 7.89. The molecule has 0 spiro atoms. The molecule has 5 nitrogen and oxygen atoms in total. The maximum absolute atomic E-state index is 14.0. The van der Waals surface area contributed by atoms with Gasteiger partial charge in [0.15, 0.2) is 0 Å². The molecule has 1 aliphatic heterocycles. The molecule has 0 radical (unpaired) electrons. The number of rotatable bonds is 2. The number of benzene rings is 1. The van der Waals surface area contributed by atoms with Crippen LogP contribution in [-0.4, -0.2) is 36.9 Å². The number of carboxylic acids is 1. The summed E-state index contributed by atoms with van der Waals surface area (Å²) in [4.78, 5) is 9.74. The Morgan fingerprint density at radius 2 is 2.04 bits per heavy atom. The first-order valence-corrected chi connectivity index (χ1v) is 8.36. The zero-order valence-corrected chi connectivity index (χ0v) is 13.2. The van der Waals surface area contributed by atoms with Crippen molar-refractivity contribution in [3.63, 3.8) is 0 Å². The van der Waals surface area contributed by atoms with Crippen LogP contribution in [0.5, 0.6) is 0 Å². The van der Waals surface area contributed by atoms with Crippen molar-refractivity contribution >= 4 is 16.0 Å². The second-order valence-corrected chi connectivity index (χ2v) is 7.21. The molecule has 1 unspecified atom stereocenters. The molecule has 1 fully saturated rings. The Hall–Kier alpha value is -1.98. The summed E-state index contributed by atoms with van der Waals surface area (Å²) in [6.07, 6.45) is 1.02. The number of sulfonamides is 1. The van der Waals surface area contributed by atoms with Crippen molar-refractivity contribution < 1.29 is 27.1 Å². The van der Waals surface area contributed by atoms with Crippen LogP contribution < -0.4 is 0 Å². The predicted molar refractivity (Wildman–Crippen MR) is 78.0 cm³/mol. The lowest BCUT2D eigenvalue weighted by molar-refractivity contribution is -0.130. The van der Waals surface area contributed by atoms with Gasteiger partial charge in [0.25, 0.3) is 0 Å². The molecule has 0 aliphatic carbocycles. The maximum Gasteiger partial charge on any atom is 0.381 e. The standard InChI is InChI=1S/C15H15F2NO4S/c1-10-7-13(17)14(8-12(10)16)23(21,22)18-6-2-3-11(9-18)4-5-15(19)20/h7-8,11H,2-3,6,9H2,1H3,(H,19,20). The summed E-state index contributed by atoms with van der Waals surface area (Å²) >= 11 is 0. The van der Waals surface area contributed by atoms with Gasteiger partial charge >= 0.3 is 5.97 Å². The number of carboxylic acid groups (broad SMARTS) is 1. The molecule has 0 amide bonds. The first-order valence-electron chi connectivity index (χ1n) is 6.92. The fraction of sp³-hybridized carbons (Fsp3) is 0.400. The van der Waals surface area contributed by atoms with Gasteiger partial charge in [-0.25, -0.2) is 22.0 Å². The number of halogens is 2. The topological polar surface area (TPSA) is 74.7 Å². The molecular weight excluding hydrogens is 328 g/mol. The number of hydrogen-bond donors (Lipinski definition) is 1. The smallest absolute Gasteiger partial charge is 0.381 e. The Morgan fingerprint density at radius 3 is 2.70 bits per heavy atom. The fourth-order valence-corrected chi connectivity index (χ4v) is 3.99. The molecule has 0 bridgehead atoms. The first-order chi connectivity index (χ1) is 10.7. The van der Waals surface area contributed by atoms with Crippen molar-refractivity contribution in [2.45, 2.75) is 24.7 Å². The number of aryl methyl sites for hydroxylation is 1. The summed E-state index contributed by atoms with van der Waals surface area (Å²) in [5.41, 5.74) is 0.0188. The number of nitrogens with zero attached hydrogens (tertiary/aromatic N) is 1. The lowest BCUT2D eigenvalue weighted by atomic mass is 10.0. The number of carbonyl (C=O) groups is 1. The van der Waals surface area contributed by atoms with Crippen molar-refractivity contribution in [3.8, 4) is 11.8 Å². The van der Waals surface area contributed by atoms with Crippen molar-refractivity contribution in [2.75, 3.05) is 13.1 Å². The SMILES string of the molecule is Cc1cc(F)c(S(=O)(=O)N2CCCC(C#CC(=O)O)C2)cc1F. The van der Waals surface area contributed by atoms with Crippen molar-refractivity contribution in [3.05, 3.63) is 29.3 Å². The minimum absolute atomic E-state index is 0.0188. The van der Waals surface area contributed by atoms with E-state index in [0.29, 0.717) is 18.9 Å². The van der Waals surface area contributed by atoms with Crippen LogP contribution in [-0.2, 0) is 14.8 Å². The summed E-state index contributed by atoms with van der Waals surface area (Å²) < 4.78 is 53.6.